The predicted molar refractivity (Wildman–Crippen MR) is 92.9 cm³/mol. The van der Waals surface area contributed by atoms with Crippen molar-refractivity contribution in [2.45, 2.75) is 25.7 Å². The molecule has 2 aromatic heterocycles. The summed E-state index contributed by atoms with van der Waals surface area (Å²) in [5.41, 5.74) is 2.01. The lowest BCUT2D eigenvalue weighted by Crippen LogP contribution is -2.27. The van der Waals surface area contributed by atoms with E-state index in [1.807, 2.05) is 13.0 Å². The van der Waals surface area contributed by atoms with Crippen LogP contribution < -0.4 is 5.32 Å². The SMILES string of the molecule is Cc1oc(-c2ccco2)nc1CC(=O)NC[C@H]1C[C@H]1c1ccccc1. The Morgan fingerprint density at radius 3 is 2.84 bits per heavy atom. The largest absolute Gasteiger partial charge is 0.459 e. The maximum Gasteiger partial charge on any atom is 0.263 e. The molecule has 1 amide bonds. The number of amides is 1. The molecular weight excluding hydrogens is 316 g/mol. The molecule has 128 valence electrons. The molecule has 4 rings (SSSR count). The second-order valence-electron chi connectivity index (χ2n) is 6.49. The number of aryl methyl sites for hydroxylation is 1. The number of benzene rings is 1. The molecule has 2 heterocycles. The minimum atomic E-state index is -0.0268. The number of hydrogen-bond donors (Lipinski definition) is 1. The van der Waals surface area contributed by atoms with Crippen molar-refractivity contribution >= 4 is 5.91 Å². The third kappa shape index (κ3) is 3.50. The third-order valence-corrected chi connectivity index (χ3v) is 4.66. The van der Waals surface area contributed by atoms with Crippen LogP contribution in [0.25, 0.3) is 11.7 Å². The van der Waals surface area contributed by atoms with Crippen LogP contribution in [0, 0.1) is 12.8 Å². The molecule has 0 unspecified atom stereocenters. The summed E-state index contributed by atoms with van der Waals surface area (Å²) < 4.78 is 10.9. The number of furan rings is 1. The van der Waals surface area contributed by atoms with E-state index in [-0.39, 0.29) is 12.3 Å². The number of rotatable bonds is 6. The van der Waals surface area contributed by atoms with Gasteiger partial charge < -0.3 is 14.2 Å². The van der Waals surface area contributed by atoms with Crippen molar-refractivity contribution in [1.29, 1.82) is 0 Å². The highest BCUT2D eigenvalue weighted by Gasteiger charge is 2.38. The van der Waals surface area contributed by atoms with Crippen LogP contribution in [-0.4, -0.2) is 17.4 Å². The summed E-state index contributed by atoms with van der Waals surface area (Å²) in [5, 5.41) is 3.02. The molecule has 3 aromatic rings. The van der Waals surface area contributed by atoms with Crippen LogP contribution in [0.15, 0.2) is 57.6 Å². The highest BCUT2D eigenvalue weighted by atomic mass is 16.4. The van der Waals surface area contributed by atoms with Gasteiger partial charge in [0.05, 0.1) is 18.4 Å². The lowest BCUT2D eigenvalue weighted by Gasteiger charge is -2.04. The fraction of sp³-hybridized carbons (Fsp3) is 0.300. The lowest BCUT2D eigenvalue weighted by molar-refractivity contribution is -0.120. The van der Waals surface area contributed by atoms with E-state index in [1.165, 1.54) is 5.56 Å². The summed E-state index contributed by atoms with van der Waals surface area (Å²) in [7, 11) is 0. The quantitative estimate of drug-likeness (QED) is 0.745. The Hall–Kier alpha value is -2.82. The van der Waals surface area contributed by atoms with Crippen molar-refractivity contribution in [2.24, 2.45) is 5.92 Å². The van der Waals surface area contributed by atoms with Crippen LogP contribution in [0.3, 0.4) is 0 Å². The van der Waals surface area contributed by atoms with Crippen LogP contribution in [0.2, 0.25) is 0 Å². The van der Waals surface area contributed by atoms with Gasteiger partial charge in [-0.2, -0.15) is 0 Å². The molecule has 1 N–H and O–H groups in total. The third-order valence-electron chi connectivity index (χ3n) is 4.66. The van der Waals surface area contributed by atoms with Crippen molar-refractivity contribution in [3.63, 3.8) is 0 Å². The maximum absolute atomic E-state index is 12.2. The number of oxazole rings is 1. The van der Waals surface area contributed by atoms with E-state index in [0.29, 0.717) is 41.5 Å². The molecule has 0 saturated heterocycles. The van der Waals surface area contributed by atoms with Gasteiger partial charge in [0.1, 0.15) is 5.76 Å². The summed E-state index contributed by atoms with van der Waals surface area (Å²) in [6.45, 7) is 2.52. The first-order chi connectivity index (χ1) is 12.2. The van der Waals surface area contributed by atoms with Crippen LogP contribution in [0.1, 0.15) is 29.4 Å². The first-order valence-electron chi connectivity index (χ1n) is 8.52. The zero-order chi connectivity index (χ0) is 17.2. The molecule has 1 aliphatic carbocycles. The normalized spacial score (nSPS) is 18.9. The molecule has 0 radical (unpaired) electrons. The average molecular weight is 336 g/mol. The smallest absolute Gasteiger partial charge is 0.263 e. The molecule has 2 atom stereocenters. The van der Waals surface area contributed by atoms with Gasteiger partial charge in [-0.15, -0.1) is 0 Å². The van der Waals surface area contributed by atoms with E-state index < -0.39 is 0 Å². The fourth-order valence-corrected chi connectivity index (χ4v) is 3.14. The highest BCUT2D eigenvalue weighted by molar-refractivity contribution is 5.78. The number of carbonyl (C=O) groups is 1. The van der Waals surface area contributed by atoms with E-state index in [2.05, 4.69) is 34.6 Å². The number of carbonyl (C=O) groups excluding carboxylic acids is 1. The molecule has 1 fully saturated rings. The van der Waals surface area contributed by atoms with E-state index in [1.54, 1.807) is 18.4 Å². The Morgan fingerprint density at radius 2 is 2.08 bits per heavy atom. The predicted octanol–water partition coefficient (Wildman–Crippen LogP) is 3.71. The van der Waals surface area contributed by atoms with Crippen LogP contribution in [0.5, 0.6) is 0 Å². The van der Waals surface area contributed by atoms with Crippen molar-refractivity contribution in [2.75, 3.05) is 6.54 Å². The van der Waals surface area contributed by atoms with Gasteiger partial charge in [-0.1, -0.05) is 30.3 Å². The van der Waals surface area contributed by atoms with Gasteiger partial charge in [-0.3, -0.25) is 4.79 Å². The Bertz CT molecular complexity index is 852. The van der Waals surface area contributed by atoms with Gasteiger partial charge in [-0.05, 0) is 42.9 Å². The zero-order valence-electron chi connectivity index (χ0n) is 14.1. The van der Waals surface area contributed by atoms with Gasteiger partial charge in [0, 0.05) is 6.54 Å². The molecule has 1 aliphatic rings. The summed E-state index contributed by atoms with van der Waals surface area (Å²) in [4.78, 5) is 16.6. The molecule has 0 bridgehead atoms. The Balaban J connectivity index is 1.30. The van der Waals surface area contributed by atoms with Gasteiger partial charge in [0.15, 0.2) is 5.76 Å². The van der Waals surface area contributed by atoms with Crippen molar-refractivity contribution in [3.05, 3.63) is 65.7 Å². The molecule has 25 heavy (non-hydrogen) atoms. The topological polar surface area (TPSA) is 68.3 Å². The van der Waals surface area contributed by atoms with E-state index >= 15 is 0 Å². The van der Waals surface area contributed by atoms with E-state index in [4.69, 9.17) is 8.83 Å². The zero-order valence-corrected chi connectivity index (χ0v) is 14.1. The number of aromatic nitrogens is 1. The van der Waals surface area contributed by atoms with Crippen LogP contribution >= 0.6 is 0 Å². The summed E-state index contributed by atoms with van der Waals surface area (Å²) in [6, 6.07) is 14.0. The van der Waals surface area contributed by atoms with Gasteiger partial charge in [0.25, 0.3) is 5.89 Å². The van der Waals surface area contributed by atoms with E-state index in [0.717, 1.165) is 6.42 Å². The second kappa shape index (κ2) is 6.59. The van der Waals surface area contributed by atoms with Crippen molar-refractivity contribution < 1.29 is 13.6 Å². The Labute approximate surface area is 146 Å². The highest BCUT2D eigenvalue weighted by Crippen LogP contribution is 2.46. The fourth-order valence-electron chi connectivity index (χ4n) is 3.14. The number of nitrogens with zero attached hydrogens (tertiary/aromatic N) is 1. The molecule has 5 heteroatoms. The van der Waals surface area contributed by atoms with Gasteiger partial charge >= 0.3 is 0 Å². The van der Waals surface area contributed by atoms with Crippen LogP contribution in [-0.2, 0) is 11.2 Å². The average Bonchev–Trinajstić information content (AvgIpc) is 3.00. The minimum Gasteiger partial charge on any atom is -0.459 e. The Morgan fingerprint density at radius 1 is 1.24 bits per heavy atom. The monoisotopic (exact) mass is 336 g/mol. The van der Waals surface area contributed by atoms with Gasteiger partial charge in [-0.25, -0.2) is 4.98 Å². The summed E-state index contributed by atoms with van der Waals surface area (Å²) in [5.74, 6) is 2.70. The summed E-state index contributed by atoms with van der Waals surface area (Å²) >= 11 is 0. The molecule has 1 aromatic carbocycles. The first-order valence-corrected chi connectivity index (χ1v) is 8.52. The lowest BCUT2D eigenvalue weighted by atomic mass is 10.1. The number of hydrogen-bond acceptors (Lipinski definition) is 4. The Kier molecular flexibility index (Phi) is 4.14. The minimum absolute atomic E-state index is 0.0268. The summed E-state index contributed by atoms with van der Waals surface area (Å²) in [6.07, 6.45) is 2.93. The molecular formula is C20H20N2O3. The molecule has 0 aliphatic heterocycles. The van der Waals surface area contributed by atoms with Gasteiger partial charge in [0.2, 0.25) is 5.91 Å². The molecule has 1 saturated carbocycles. The van der Waals surface area contributed by atoms with Crippen molar-refractivity contribution in [1.82, 2.24) is 10.3 Å². The number of nitrogens with one attached hydrogen (secondary N) is 1. The molecule has 0 spiro atoms. The second-order valence-corrected chi connectivity index (χ2v) is 6.49. The maximum atomic E-state index is 12.2. The first kappa shape index (κ1) is 15.7. The standard InChI is InChI=1S/C20H20N2O3/c1-13-17(22-20(25-13)18-8-5-9-24-18)11-19(23)21-12-15-10-16(15)14-6-3-2-4-7-14/h2-9,15-16H,10-12H2,1H3,(H,21,23)/t15-,16+/m1/s1. The van der Waals surface area contributed by atoms with E-state index in [9.17, 15) is 4.79 Å². The van der Waals surface area contributed by atoms with Crippen LogP contribution in [0.4, 0.5) is 0 Å². The molecule has 5 nitrogen and oxygen atoms in total. The van der Waals surface area contributed by atoms with Crippen molar-refractivity contribution in [3.8, 4) is 11.7 Å².